The maximum atomic E-state index is 11.7. The summed E-state index contributed by atoms with van der Waals surface area (Å²) in [4.78, 5) is 0. The minimum absolute atomic E-state index is 0.286. The fourth-order valence-corrected chi connectivity index (χ4v) is 1.89. The second-order valence-electron chi connectivity index (χ2n) is 2.27. The van der Waals surface area contributed by atoms with Gasteiger partial charge in [0.15, 0.2) is 0 Å². The zero-order valence-electron chi connectivity index (χ0n) is 8.41. The Kier molecular flexibility index (Phi) is 6.04. The van der Waals surface area contributed by atoms with E-state index in [1.54, 1.807) is 13.8 Å². The summed E-state index contributed by atoms with van der Waals surface area (Å²) < 4.78 is 26.4. The average Bonchev–Trinajstić information content (AvgIpc) is 2.04. The van der Waals surface area contributed by atoms with Crippen molar-refractivity contribution in [2.75, 3.05) is 13.2 Å². The molecule has 78 valence electrons. The van der Waals surface area contributed by atoms with Gasteiger partial charge in [0, 0.05) is 6.42 Å². The van der Waals surface area contributed by atoms with Crippen molar-refractivity contribution in [2.24, 2.45) is 0 Å². The molecule has 0 N–H and O–H groups in total. The van der Waals surface area contributed by atoms with Crippen molar-refractivity contribution >= 4 is 7.82 Å². The van der Waals surface area contributed by atoms with Gasteiger partial charge in [-0.15, -0.1) is 0 Å². The van der Waals surface area contributed by atoms with E-state index in [2.05, 4.69) is 6.58 Å². The number of allylic oxidation sites excluding steroid dienone is 1. The van der Waals surface area contributed by atoms with Crippen molar-refractivity contribution in [3.63, 3.8) is 0 Å². The minimum atomic E-state index is -3.39. The Hall–Kier alpha value is -0.310. The quantitative estimate of drug-likeness (QED) is 0.476. The van der Waals surface area contributed by atoms with E-state index in [1.807, 2.05) is 6.92 Å². The van der Waals surface area contributed by atoms with E-state index in [4.69, 9.17) is 13.6 Å². The molecule has 0 atom stereocenters. The van der Waals surface area contributed by atoms with Crippen molar-refractivity contribution in [1.82, 2.24) is 0 Å². The predicted molar refractivity (Wildman–Crippen MR) is 51.4 cm³/mol. The number of rotatable bonds is 7. The van der Waals surface area contributed by atoms with Crippen molar-refractivity contribution in [2.45, 2.75) is 27.2 Å². The van der Waals surface area contributed by atoms with Crippen LogP contribution in [0.25, 0.3) is 0 Å². The van der Waals surface area contributed by atoms with E-state index in [9.17, 15) is 4.57 Å². The molecule has 0 amide bonds. The predicted octanol–water partition coefficient (Wildman–Crippen LogP) is 3.11. The minimum Gasteiger partial charge on any atom is -0.409 e. The van der Waals surface area contributed by atoms with E-state index in [0.29, 0.717) is 12.2 Å². The first-order valence-corrected chi connectivity index (χ1v) is 5.80. The highest BCUT2D eigenvalue weighted by molar-refractivity contribution is 7.48. The van der Waals surface area contributed by atoms with Crippen LogP contribution in [-0.2, 0) is 18.1 Å². The summed E-state index contributed by atoms with van der Waals surface area (Å²) in [5.41, 5.74) is 0. The molecule has 0 aliphatic heterocycles. The van der Waals surface area contributed by atoms with Gasteiger partial charge in [-0.3, -0.25) is 9.05 Å². The zero-order valence-corrected chi connectivity index (χ0v) is 9.30. The maximum absolute atomic E-state index is 11.7. The van der Waals surface area contributed by atoms with Gasteiger partial charge in [0.25, 0.3) is 0 Å². The molecule has 0 aliphatic rings. The normalized spacial score (nSPS) is 11.3. The fraction of sp³-hybridized carbons (Fsp3) is 0.750. The van der Waals surface area contributed by atoms with Gasteiger partial charge in [-0.2, -0.15) is 0 Å². The van der Waals surface area contributed by atoms with Gasteiger partial charge in [0.2, 0.25) is 0 Å². The average molecular weight is 208 g/mol. The zero-order chi connectivity index (χ0) is 10.3. The van der Waals surface area contributed by atoms with Gasteiger partial charge in [0.1, 0.15) is 5.76 Å². The summed E-state index contributed by atoms with van der Waals surface area (Å²) in [6.45, 7) is 9.44. The van der Waals surface area contributed by atoms with Gasteiger partial charge in [-0.1, -0.05) is 13.5 Å². The summed E-state index contributed by atoms with van der Waals surface area (Å²) in [5, 5.41) is 0. The molecule has 0 aromatic carbocycles. The molecule has 0 bridgehead atoms. The van der Waals surface area contributed by atoms with Crippen LogP contribution in [0.5, 0.6) is 0 Å². The van der Waals surface area contributed by atoms with Crippen molar-refractivity contribution in [3.8, 4) is 0 Å². The third kappa shape index (κ3) is 5.09. The lowest BCUT2D eigenvalue weighted by molar-refractivity contribution is 0.144. The van der Waals surface area contributed by atoms with Crippen molar-refractivity contribution in [3.05, 3.63) is 12.3 Å². The molecule has 0 aromatic heterocycles. The maximum Gasteiger partial charge on any atom is 0.529 e. The molecular formula is C8H17O4P. The highest BCUT2D eigenvalue weighted by Crippen LogP contribution is 2.51. The number of hydrogen-bond donors (Lipinski definition) is 0. The molecule has 0 aliphatic carbocycles. The molecule has 13 heavy (non-hydrogen) atoms. The van der Waals surface area contributed by atoms with Crippen LogP contribution in [0.3, 0.4) is 0 Å². The Balaban J connectivity index is 4.23. The first kappa shape index (κ1) is 12.7. The van der Waals surface area contributed by atoms with Gasteiger partial charge in [-0.25, -0.2) is 4.57 Å². The lowest BCUT2D eigenvalue weighted by Gasteiger charge is -2.17. The van der Waals surface area contributed by atoms with Crippen LogP contribution in [-0.4, -0.2) is 13.2 Å². The van der Waals surface area contributed by atoms with E-state index >= 15 is 0 Å². The molecule has 0 aromatic rings. The van der Waals surface area contributed by atoms with Crippen LogP contribution in [0.2, 0.25) is 0 Å². The monoisotopic (exact) mass is 208 g/mol. The van der Waals surface area contributed by atoms with Crippen molar-refractivity contribution in [1.29, 1.82) is 0 Å². The largest absolute Gasteiger partial charge is 0.529 e. The Morgan fingerprint density at radius 1 is 1.23 bits per heavy atom. The first-order valence-electron chi connectivity index (χ1n) is 4.34. The van der Waals surface area contributed by atoms with Crippen LogP contribution in [0.1, 0.15) is 27.2 Å². The van der Waals surface area contributed by atoms with Crippen LogP contribution < -0.4 is 0 Å². The lowest BCUT2D eigenvalue weighted by Crippen LogP contribution is -1.99. The third-order valence-corrected chi connectivity index (χ3v) is 2.84. The van der Waals surface area contributed by atoms with Crippen LogP contribution in [0.4, 0.5) is 0 Å². The Morgan fingerprint density at radius 3 is 2.00 bits per heavy atom. The van der Waals surface area contributed by atoms with E-state index in [-0.39, 0.29) is 13.2 Å². The molecule has 0 radical (unpaired) electrons. The van der Waals surface area contributed by atoms with Gasteiger partial charge in [-0.05, 0) is 13.8 Å². The van der Waals surface area contributed by atoms with E-state index in [1.165, 1.54) is 0 Å². The topological polar surface area (TPSA) is 44.8 Å². The van der Waals surface area contributed by atoms with Crippen LogP contribution >= 0.6 is 7.82 Å². The molecule has 0 spiro atoms. The molecule has 5 heteroatoms. The lowest BCUT2D eigenvalue weighted by atomic mass is 10.4. The molecule has 0 rings (SSSR count). The third-order valence-electron chi connectivity index (χ3n) is 1.21. The second kappa shape index (κ2) is 6.19. The Labute approximate surface area is 79.5 Å². The highest BCUT2D eigenvalue weighted by Gasteiger charge is 2.26. The summed E-state index contributed by atoms with van der Waals surface area (Å²) in [6.07, 6.45) is 0.587. The summed E-state index contributed by atoms with van der Waals surface area (Å²) >= 11 is 0. The molecule has 0 saturated heterocycles. The Morgan fingerprint density at radius 2 is 1.69 bits per heavy atom. The Bertz CT molecular complexity index is 192. The molecule has 4 nitrogen and oxygen atoms in total. The molecular weight excluding hydrogens is 191 g/mol. The standard InChI is InChI=1S/C8H17O4P/c1-5-8(4)12-13(9,10-6-2)11-7-3/h4-7H2,1-3H3. The highest BCUT2D eigenvalue weighted by atomic mass is 31.2. The fourth-order valence-electron chi connectivity index (χ4n) is 0.629. The summed E-state index contributed by atoms with van der Waals surface area (Å²) in [6, 6.07) is 0. The summed E-state index contributed by atoms with van der Waals surface area (Å²) in [7, 11) is -3.39. The number of hydrogen-bond acceptors (Lipinski definition) is 4. The van der Waals surface area contributed by atoms with Crippen molar-refractivity contribution < 1.29 is 18.1 Å². The molecule has 0 heterocycles. The summed E-state index contributed by atoms with van der Waals surface area (Å²) in [5.74, 6) is 0.408. The molecule has 0 fully saturated rings. The first-order chi connectivity index (χ1) is 6.08. The van der Waals surface area contributed by atoms with Gasteiger partial charge in [0.05, 0.1) is 13.2 Å². The van der Waals surface area contributed by atoms with Gasteiger partial charge < -0.3 is 4.52 Å². The van der Waals surface area contributed by atoms with Crippen LogP contribution in [0, 0.1) is 0 Å². The number of phosphoric acid groups is 1. The van der Waals surface area contributed by atoms with Crippen LogP contribution in [0.15, 0.2) is 12.3 Å². The SMILES string of the molecule is C=C(CC)OP(=O)(OCC)OCC. The van der Waals surface area contributed by atoms with E-state index < -0.39 is 7.82 Å². The molecule has 0 saturated carbocycles. The number of phosphoric ester groups is 1. The van der Waals surface area contributed by atoms with Gasteiger partial charge >= 0.3 is 7.82 Å². The second-order valence-corrected chi connectivity index (χ2v) is 3.86. The van der Waals surface area contributed by atoms with E-state index in [0.717, 1.165) is 0 Å². The molecule has 0 unspecified atom stereocenters. The smallest absolute Gasteiger partial charge is 0.409 e.